The van der Waals surface area contributed by atoms with E-state index in [1.165, 1.54) is 12.1 Å². The second-order valence-corrected chi connectivity index (χ2v) is 3.91. The molecule has 2 atom stereocenters. The summed E-state index contributed by atoms with van der Waals surface area (Å²) >= 11 is 0. The SMILES string of the molecule is CCOC(=O)C(C)NC(C)c1ccc(F)cc1. The van der Waals surface area contributed by atoms with Gasteiger partial charge < -0.3 is 4.74 Å². The van der Waals surface area contributed by atoms with Crippen LogP contribution in [0.4, 0.5) is 4.39 Å². The average molecular weight is 239 g/mol. The number of hydrogen-bond donors (Lipinski definition) is 1. The van der Waals surface area contributed by atoms with Crippen LogP contribution in [0.3, 0.4) is 0 Å². The molecule has 4 heteroatoms. The van der Waals surface area contributed by atoms with Crippen LogP contribution >= 0.6 is 0 Å². The van der Waals surface area contributed by atoms with Gasteiger partial charge in [-0.15, -0.1) is 0 Å². The second kappa shape index (κ2) is 6.35. The number of esters is 1. The molecule has 0 bridgehead atoms. The van der Waals surface area contributed by atoms with E-state index in [0.29, 0.717) is 6.61 Å². The number of carbonyl (C=O) groups excluding carboxylic acids is 1. The maximum absolute atomic E-state index is 12.7. The molecule has 0 radical (unpaired) electrons. The van der Waals surface area contributed by atoms with Crippen LogP contribution < -0.4 is 5.32 Å². The standard InChI is InChI=1S/C13H18FNO2/c1-4-17-13(16)10(3)15-9(2)11-5-7-12(14)8-6-11/h5-10,15H,4H2,1-3H3. The van der Waals surface area contributed by atoms with Gasteiger partial charge in [-0.05, 0) is 38.5 Å². The highest BCUT2D eigenvalue weighted by Gasteiger charge is 2.16. The fraction of sp³-hybridized carbons (Fsp3) is 0.462. The third-order valence-electron chi connectivity index (χ3n) is 2.51. The van der Waals surface area contributed by atoms with Crippen molar-refractivity contribution in [2.75, 3.05) is 6.61 Å². The molecule has 94 valence electrons. The highest BCUT2D eigenvalue weighted by atomic mass is 19.1. The lowest BCUT2D eigenvalue weighted by molar-refractivity contribution is -0.145. The Balaban J connectivity index is 2.56. The fourth-order valence-electron chi connectivity index (χ4n) is 1.56. The van der Waals surface area contributed by atoms with Gasteiger partial charge >= 0.3 is 5.97 Å². The van der Waals surface area contributed by atoms with Crippen LogP contribution in [-0.4, -0.2) is 18.6 Å². The smallest absolute Gasteiger partial charge is 0.322 e. The first-order chi connectivity index (χ1) is 8.04. The monoisotopic (exact) mass is 239 g/mol. The van der Waals surface area contributed by atoms with Gasteiger partial charge in [-0.2, -0.15) is 0 Å². The molecule has 0 heterocycles. The molecular formula is C13H18FNO2. The van der Waals surface area contributed by atoms with Crippen molar-refractivity contribution in [2.24, 2.45) is 0 Å². The summed E-state index contributed by atoms with van der Waals surface area (Å²) in [4.78, 5) is 11.4. The number of halogens is 1. The summed E-state index contributed by atoms with van der Waals surface area (Å²) < 4.78 is 17.6. The van der Waals surface area contributed by atoms with Crippen LogP contribution in [0.25, 0.3) is 0 Å². The largest absolute Gasteiger partial charge is 0.465 e. The Kier molecular flexibility index (Phi) is 5.10. The number of carbonyl (C=O) groups is 1. The molecule has 0 aliphatic heterocycles. The van der Waals surface area contributed by atoms with Crippen molar-refractivity contribution in [3.63, 3.8) is 0 Å². The Hall–Kier alpha value is -1.42. The Morgan fingerprint density at radius 3 is 2.47 bits per heavy atom. The maximum atomic E-state index is 12.7. The van der Waals surface area contributed by atoms with E-state index in [9.17, 15) is 9.18 Å². The molecule has 0 spiro atoms. The summed E-state index contributed by atoms with van der Waals surface area (Å²) in [5.74, 6) is -0.541. The zero-order valence-corrected chi connectivity index (χ0v) is 10.4. The third-order valence-corrected chi connectivity index (χ3v) is 2.51. The van der Waals surface area contributed by atoms with Gasteiger partial charge in [0.15, 0.2) is 0 Å². The van der Waals surface area contributed by atoms with Crippen LogP contribution in [0, 0.1) is 5.82 Å². The summed E-state index contributed by atoms with van der Waals surface area (Å²) in [7, 11) is 0. The number of rotatable bonds is 5. The zero-order chi connectivity index (χ0) is 12.8. The Morgan fingerprint density at radius 2 is 1.94 bits per heavy atom. The van der Waals surface area contributed by atoms with Crippen molar-refractivity contribution in [3.05, 3.63) is 35.6 Å². The first-order valence-corrected chi connectivity index (χ1v) is 5.72. The van der Waals surface area contributed by atoms with E-state index in [1.54, 1.807) is 26.0 Å². The summed E-state index contributed by atoms with van der Waals surface area (Å²) in [5, 5.41) is 3.10. The van der Waals surface area contributed by atoms with Crippen molar-refractivity contribution >= 4 is 5.97 Å². The number of nitrogens with one attached hydrogen (secondary N) is 1. The lowest BCUT2D eigenvalue weighted by atomic mass is 10.1. The zero-order valence-electron chi connectivity index (χ0n) is 10.4. The molecule has 0 aliphatic rings. The fourth-order valence-corrected chi connectivity index (χ4v) is 1.56. The van der Waals surface area contributed by atoms with Crippen molar-refractivity contribution in [1.82, 2.24) is 5.32 Å². The third kappa shape index (κ3) is 4.15. The van der Waals surface area contributed by atoms with E-state index in [-0.39, 0.29) is 23.9 Å². The summed E-state index contributed by atoms with van der Waals surface area (Å²) in [6, 6.07) is 5.80. The first kappa shape index (κ1) is 13.6. The van der Waals surface area contributed by atoms with Gasteiger partial charge in [-0.1, -0.05) is 12.1 Å². The summed E-state index contributed by atoms with van der Waals surface area (Å²) in [6.07, 6.45) is 0. The highest BCUT2D eigenvalue weighted by molar-refractivity contribution is 5.75. The molecule has 0 saturated carbocycles. The molecule has 0 aliphatic carbocycles. The van der Waals surface area contributed by atoms with E-state index >= 15 is 0 Å². The van der Waals surface area contributed by atoms with Gasteiger partial charge in [0.05, 0.1) is 6.61 Å². The van der Waals surface area contributed by atoms with E-state index in [4.69, 9.17) is 4.74 Å². The molecule has 1 aromatic rings. The van der Waals surface area contributed by atoms with Crippen LogP contribution in [-0.2, 0) is 9.53 Å². The van der Waals surface area contributed by atoms with Crippen LogP contribution in [0.2, 0.25) is 0 Å². The van der Waals surface area contributed by atoms with Gasteiger partial charge in [0.2, 0.25) is 0 Å². The minimum atomic E-state index is -0.380. The number of hydrogen-bond acceptors (Lipinski definition) is 3. The molecule has 17 heavy (non-hydrogen) atoms. The predicted octanol–water partition coefficient (Wildman–Crippen LogP) is 2.43. The van der Waals surface area contributed by atoms with Crippen molar-refractivity contribution in [3.8, 4) is 0 Å². The minimum Gasteiger partial charge on any atom is -0.465 e. The predicted molar refractivity (Wildman–Crippen MR) is 64.0 cm³/mol. The van der Waals surface area contributed by atoms with Gasteiger partial charge in [0, 0.05) is 6.04 Å². The topological polar surface area (TPSA) is 38.3 Å². The van der Waals surface area contributed by atoms with Gasteiger partial charge in [0.25, 0.3) is 0 Å². The maximum Gasteiger partial charge on any atom is 0.322 e. The van der Waals surface area contributed by atoms with Crippen LogP contribution in [0.1, 0.15) is 32.4 Å². The quantitative estimate of drug-likeness (QED) is 0.802. The highest BCUT2D eigenvalue weighted by Crippen LogP contribution is 2.13. The molecule has 0 aromatic heterocycles. The summed E-state index contributed by atoms with van der Waals surface area (Å²) in [6.45, 7) is 5.81. The average Bonchev–Trinajstić information content (AvgIpc) is 2.30. The minimum absolute atomic E-state index is 0.0324. The van der Waals surface area contributed by atoms with E-state index in [2.05, 4.69) is 5.32 Å². The lowest BCUT2D eigenvalue weighted by Crippen LogP contribution is -2.37. The Bertz CT molecular complexity index is 364. The van der Waals surface area contributed by atoms with Gasteiger partial charge in [-0.25, -0.2) is 4.39 Å². The summed E-state index contributed by atoms with van der Waals surface area (Å²) in [5.41, 5.74) is 0.933. The number of benzene rings is 1. The van der Waals surface area contributed by atoms with Gasteiger partial charge in [-0.3, -0.25) is 10.1 Å². The first-order valence-electron chi connectivity index (χ1n) is 5.72. The van der Waals surface area contributed by atoms with Crippen molar-refractivity contribution < 1.29 is 13.9 Å². The Labute approximate surface area is 101 Å². The molecule has 0 saturated heterocycles. The van der Waals surface area contributed by atoms with Crippen molar-refractivity contribution in [1.29, 1.82) is 0 Å². The lowest BCUT2D eigenvalue weighted by Gasteiger charge is -2.19. The second-order valence-electron chi connectivity index (χ2n) is 3.91. The van der Waals surface area contributed by atoms with E-state index < -0.39 is 0 Å². The van der Waals surface area contributed by atoms with E-state index in [0.717, 1.165) is 5.56 Å². The van der Waals surface area contributed by atoms with E-state index in [1.807, 2.05) is 6.92 Å². The molecule has 1 N–H and O–H groups in total. The van der Waals surface area contributed by atoms with Crippen LogP contribution in [0.5, 0.6) is 0 Å². The molecule has 0 amide bonds. The molecular weight excluding hydrogens is 221 g/mol. The Morgan fingerprint density at radius 1 is 1.35 bits per heavy atom. The molecule has 0 fully saturated rings. The van der Waals surface area contributed by atoms with Crippen LogP contribution in [0.15, 0.2) is 24.3 Å². The molecule has 3 nitrogen and oxygen atoms in total. The molecule has 2 unspecified atom stereocenters. The molecule has 1 aromatic carbocycles. The normalized spacial score (nSPS) is 14.1. The molecule has 1 rings (SSSR count). The van der Waals surface area contributed by atoms with Crippen molar-refractivity contribution in [2.45, 2.75) is 32.9 Å². The van der Waals surface area contributed by atoms with Gasteiger partial charge in [0.1, 0.15) is 11.9 Å². The number of ether oxygens (including phenoxy) is 1.